The number of hydrogen-bond acceptors (Lipinski definition) is 3. The number of hydrogen-bond donors (Lipinski definition) is 1. The van der Waals surface area contributed by atoms with Crippen LogP contribution < -0.4 is 5.32 Å². The molecule has 2 heterocycles. The summed E-state index contributed by atoms with van der Waals surface area (Å²) in [5, 5.41) is 3.15. The molecule has 2 rings (SSSR count). The molecule has 0 saturated carbocycles. The second-order valence-corrected chi connectivity index (χ2v) is 8.89. The zero-order valence-corrected chi connectivity index (χ0v) is 15.7. The van der Waals surface area contributed by atoms with Crippen LogP contribution in [0.1, 0.15) is 49.9 Å². The highest BCUT2D eigenvalue weighted by Gasteiger charge is 2.35. The van der Waals surface area contributed by atoms with E-state index in [1.54, 1.807) is 0 Å². The maximum Gasteiger partial charge on any atom is 0.253 e. The first-order valence-electron chi connectivity index (χ1n) is 6.89. The van der Waals surface area contributed by atoms with Crippen LogP contribution in [0.3, 0.4) is 0 Å². The normalized spacial score (nSPS) is 21.7. The highest BCUT2D eigenvalue weighted by Crippen LogP contribution is 2.33. The molecular weight excluding hydrogens is 406 g/mol. The number of thiophene rings is 1. The SMILES string of the molecule is CCC1(CC)CC(NC(=O)c2cc(Br)sc2Br)CCO1. The highest BCUT2D eigenvalue weighted by atomic mass is 79.9. The van der Waals surface area contributed by atoms with E-state index in [2.05, 4.69) is 51.0 Å². The molecule has 1 N–H and O–H groups in total. The smallest absolute Gasteiger partial charge is 0.253 e. The summed E-state index contributed by atoms with van der Waals surface area (Å²) in [6.45, 7) is 5.03. The van der Waals surface area contributed by atoms with Crippen molar-refractivity contribution in [3.05, 3.63) is 19.2 Å². The molecule has 1 fully saturated rings. The topological polar surface area (TPSA) is 38.3 Å². The van der Waals surface area contributed by atoms with Crippen molar-refractivity contribution in [2.75, 3.05) is 6.61 Å². The molecule has 1 saturated heterocycles. The van der Waals surface area contributed by atoms with E-state index in [9.17, 15) is 4.79 Å². The molecule has 0 radical (unpaired) electrons. The van der Waals surface area contributed by atoms with Crippen LogP contribution in [-0.2, 0) is 4.74 Å². The number of ether oxygens (including phenoxy) is 1. The van der Waals surface area contributed by atoms with Crippen molar-refractivity contribution in [2.24, 2.45) is 0 Å². The van der Waals surface area contributed by atoms with Crippen LogP contribution in [0.25, 0.3) is 0 Å². The van der Waals surface area contributed by atoms with Gasteiger partial charge in [0.15, 0.2) is 0 Å². The van der Waals surface area contributed by atoms with E-state index in [4.69, 9.17) is 4.74 Å². The summed E-state index contributed by atoms with van der Waals surface area (Å²) in [4.78, 5) is 12.3. The maximum absolute atomic E-state index is 12.3. The molecule has 20 heavy (non-hydrogen) atoms. The summed E-state index contributed by atoms with van der Waals surface area (Å²) in [6.07, 6.45) is 3.76. The molecule has 1 aromatic rings. The summed E-state index contributed by atoms with van der Waals surface area (Å²) in [7, 11) is 0. The minimum Gasteiger partial charge on any atom is -0.375 e. The predicted octanol–water partition coefficient (Wildman–Crippen LogP) is 4.74. The number of carbonyl (C=O) groups excluding carboxylic acids is 1. The van der Waals surface area contributed by atoms with Gasteiger partial charge in [0.25, 0.3) is 5.91 Å². The van der Waals surface area contributed by atoms with Crippen LogP contribution in [0.5, 0.6) is 0 Å². The summed E-state index contributed by atoms with van der Waals surface area (Å²) in [6, 6.07) is 2.05. The molecule has 1 aromatic heterocycles. The summed E-state index contributed by atoms with van der Waals surface area (Å²) >= 11 is 8.36. The Kier molecular flexibility index (Phi) is 5.68. The van der Waals surface area contributed by atoms with Crippen molar-refractivity contribution in [3.63, 3.8) is 0 Å². The Balaban J connectivity index is 2.03. The van der Waals surface area contributed by atoms with E-state index in [-0.39, 0.29) is 17.6 Å². The van der Waals surface area contributed by atoms with Crippen LogP contribution in [0.2, 0.25) is 0 Å². The summed E-state index contributed by atoms with van der Waals surface area (Å²) < 4.78 is 7.77. The van der Waals surface area contributed by atoms with Crippen molar-refractivity contribution in [2.45, 2.75) is 51.2 Å². The van der Waals surface area contributed by atoms with Gasteiger partial charge in [0.2, 0.25) is 0 Å². The second-order valence-electron chi connectivity index (χ2n) is 5.14. The fraction of sp³-hybridized carbons (Fsp3) is 0.643. The van der Waals surface area contributed by atoms with Crippen LogP contribution in [0.15, 0.2) is 13.6 Å². The van der Waals surface area contributed by atoms with E-state index >= 15 is 0 Å². The molecule has 1 unspecified atom stereocenters. The van der Waals surface area contributed by atoms with Gasteiger partial charge in [-0.15, -0.1) is 11.3 Å². The van der Waals surface area contributed by atoms with Crippen LogP contribution in [0.4, 0.5) is 0 Å². The second kappa shape index (κ2) is 6.90. The Morgan fingerprint density at radius 2 is 2.20 bits per heavy atom. The quantitative estimate of drug-likeness (QED) is 0.757. The Hall–Kier alpha value is 0.0900. The lowest BCUT2D eigenvalue weighted by atomic mass is 9.86. The lowest BCUT2D eigenvalue weighted by Crippen LogP contribution is -2.48. The van der Waals surface area contributed by atoms with Gasteiger partial charge in [-0.3, -0.25) is 4.79 Å². The van der Waals surface area contributed by atoms with Gasteiger partial charge in [0, 0.05) is 12.6 Å². The average Bonchev–Trinajstić information content (AvgIpc) is 2.78. The zero-order valence-electron chi connectivity index (χ0n) is 11.7. The van der Waals surface area contributed by atoms with Crippen molar-refractivity contribution in [3.8, 4) is 0 Å². The van der Waals surface area contributed by atoms with Crippen molar-refractivity contribution in [1.29, 1.82) is 0 Å². The number of amides is 1. The molecule has 3 nitrogen and oxygen atoms in total. The third-order valence-electron chi connectivity index (χ3n) is 4.02. The zero-order chi connectivity index (χ0) is 14.8. The number of halogens is 2. The lowest BCUT2D eigenvalue weighted by Gasteiger charge is -2.40. The number of nitrogens with one attached hydrogen (secondary N) is 1. The molecule has 6 heteroatoms. The van der Waals surface area contributed by atoms with Crippen molar-refractivity contribution < 1.29 is 9.53 Å². The van der Waals surface area contributed by atoms with Gasteiger partial charge in [0.05, 0.1) is 18.7 Å². The molecule has 1 aliphatic heterocycles. The fourth-order valence-corrected chi connectivity index (χ4v) is 5.45. The van der Waals surface area contributed by atoms with E-state index in [1.807, 2.05) is 6.07 Å². The van der Waals surface area contributed by atoms with E-state index < -0.39 is 0 Å². The largest absolute Gasteiger partial charge is 0.375 e. The molecule has 1 aliphatic rings. The molecule has 1 amide bonds. The first kappa shape index (κ1) is 16.5. The summed E-state index contributed by atoms with van der Waals surface area (Å²) in [5.41, 5.74) is 0.634. The fourth-order valence-electron chi connectivity index (χ4n) is 2.65. The third kappa shape index (κ3) is 3.64. The molecule has 0 aromatic carbocycles. The molecule has 0 bridgehead atoms. The highest BCUT2D eigenvalue weighted by molar-refractivity contribution is 9.12. The summed E-state index contributed by atoms with van der Waals surface area (Å²) in [5.74, 6) is -0.00756. The van der Waals surface area contributed by atoms with Gasteiger partial charge in [-0.2, -0.15) is 0 Å². The standard InChI is InChI=1S/C14H19Br2NO2S/c1-3-14(4-2)8-9(5-6-19-14)17-13(18)10-7-11(15)20-12(10)16/h7,9H,3-6,8H2,1-2H3,(H,17,18). The van der Waals surface area contributed by atoms with Crippen molar-refractivity contribution in [1.82, 2.24) is 5.32 Å². The molecule has 0 aliphatic carbocycles. The predicted molar refractivity (Wildman–Crippen MR) is 89.5 cm³/mol. The van der Waals surface area contributed by atoms with Gasteiger partial charge in [-0.05, 0) is 63.6 Å². The van der Waals surface area contributed by atoms with Gasteiger partial charge >= 0.3 is 0 Å². The van der Waals surface area contributed by atoms with Gasteiger partial charge < -0.3 is 10.1 Å². The minimum absolute atomic E-state index is 0.00756. The number of carbonyl (C=O) groups is 1. The van der Waals surface area contributed by atoms with E-state index in [0.29, 0.717) is 5.56 Å². The molecule has 112 valence electrons. The van der Waals surface area contributed by atoms with Crippen LogP contribution in [0, 0.1) is 0 Å². The van der Waals surface area contributed by atoms with Gasteiger partial charge in [-0.1, -0.05) is 13.8 Å². The Morgan fingerprint density at radius 3 is 2.75 bits per heavy atom. The Labute approximate surface area is 140 Å². The maximum atomic E-state index is 12.3. The molecule has 1 atom stereocenters. The molecule has 0 spiro atoms. The Morgan fingerprint density at radius 1 is 1.50 bits per heavy atom. The van der Waals surface area contributed by atoms with Gasteiger partial charge in [-0.25, -0.2) is 0 Å². The average molecular weight is 425 g/mol. The van der Waals surface area contributed by atoms with Crippen LogP contribution in [-0.4, -0.2) is 24.2 Å². The first-order valence-corrected chi connectivity index (χ1v) is 9.29. The van der Waals surface area contributed by atoms with Gasteiger partial charge in [0.1, 0.15) is 0 Å². The molecular formula is C14H19Br2NO2S. The monoisotopic (exact) mass is 423 g/mol. The van der Waals surface area contributed by atoms with Crippen LogP contribution >= 0.6 is 43.2 Å². The lowest BCUT2D eigenvalue weighted by molar-refractivity contribution is -0.0917. The van der Waals surface area contributed by atoms with Crippen molar-refractivity contribution >= 4 is 49.1 Å². The van der Waals surface area contributed by atoms with E-state index in [1.165, 1.54) is 11.3 Å². The first-order chi connectivity index (χ1) is 9.49. The van der Waals surface area contributed by atoms with E-state index in [0.717, 1.165) is 39.9 Å². The Bertz CT molecular complexity index is 486. The number of rotatable bonds is 4. The minimum atomic E-state index is -0.0668. The third-order valence-corrected chi connectivity index (χ3v) is 6.36.